The van der Waals surface area contributed by atoms with Crippen molar-refractivity contribution >= 4 is 17.9 Å². The molecule has 2 aromatic rings. The van der Waals surface area contributed by atoms with Crippen molar-refractivity contribution in [2.75, 3.05) is 14.2 Å². The molecule has 0 saturated heterocycles. The molecule has 7 heteroatoms. The number of methoxy groups -OCH3 is 2. The molecule has 148 valence electrons. The Balaban J connectivity index is 1.97. The number of carbonyl (C=O) groups excluding carboxylic acids is 2. The van der Waals surface area contributed by atoms with Gasteiger partial charge in [0.15, 0.2) is 11.5 Å². The number of nitrogens with one attached hydrogen (secondary N) is 2. The van der Waals surface area contributed by atoms with E-state index in [2.05, 4.69) is 10.9 Å². The van der Waals surface area contributed by atoms with Gasteiger partial charge >= 0.3 is 0 Å². The number of ether oxygens (including phenoxy) is 3. The molecule has 0 unspecified atom stereocenters. The smallest absolute Gasteiger partial charge is 0.269 e. The first kappa shape index (κ1) is 20.8. The van der Waals surface area contributed by atoms with E-state index in [1.165, 1.54) is 13.2 Å². The number of amides is 2. The number of hydrazine groups is 1. The highest BCUT2D eigenvalue weighted by Crippen LogP contribution is 2.28. The molecule has 0 atom stereocenters. The van der Waals surface area contributed by atoms with Gasteiger partial charge in [0.1, 0.15) is 5.75 Å². The van der Waals surface area contributed by atoms with Crippen LogP contribution in [-0.2, 0) is 4.79 Å². The van der Waals surface area contributed by atoms with E-state index in [1.807, 2.05) is 32.0 Å². The lowest BCUT2D eigenvalue weighted by atomic mass is 10.2. The molecule has 0 aromatic heterocycles. The highest BCUT2D eigenvalue weighted by Gasteiger charge is 2.12. The van der Waals surface area contributed by atoms with Crippen LogP contribution in [0.2, 0.25) is 0 Å². The summed E-state index contributed by atoms with van der Waals surface area (Å²) in [7, 11) is 3.05. The third-order valence-corrected chi connectivity index (χ3v) is 3.64. The third kappa shape index (κ3) is 5.77. The molecule has 0 aliphatic rings. The number of hydrogen-bond donors (Lipinski definition) is 2. The predicted octanol–water partition coefficient (Wildman–Crippen LogP) is 2.97. The van der Waals surface area contributed by atoms with Crippen molar-refractivity contribution in [1.82, 2.24) is 10.9 Å². The molecule has 0 heterocycles. The zero-order valence-corrected chi connectivity index (χ0v) is 16.3. The van der Waals surface area contributed by atoms with Gasteiger partial charge in [-0.2, -0.15) is 0 Å². The van der Waals surface area contributed by atoms with Crippen LogP contribution in [0.1, 0.15) is 29.8 Å². The molecule has 0 bridgehead atoms. The minimum Gasteiger partial charge on any atom is -0.496 e. The Kier molecular flexibility index (Phi) is 7.45. The van der Waals surface area contributed by atoms with E-state index in [4.69, 9.17) is 14.2 Å². The van der Waals surface area contributed by atoms with Gasteiger partial charge in [0.25, 0.3) is 11.8 Å². The summed E-state index contributed by atoms with van der Waals surface area (Å²) in [5.41, 5.74) is 5.76. The average Bonchev–Trinajstić information content (AvgIpc) is 2.70. The van der Waals surface area contributed by atoms with Gasteiger partial charge < -0.3 is 14.2 Å². The minimum atomic E-state index is -0.481. The Morgan fingerprint density at radius 1 is 0.929 bits per heavy atom. The van der Waals surface area contributed by atoms with Crippen LogP contribution in [0.4, 0.5) is 0 Å². The molecule has 2 amide bonds. The molecular formula is C21H24N2O5. The molecule has 0 radical (unpaired) electrons. The van der Waals surface area contributed by atoms with Gasteiger partial charge in [-0.1, -0.05) is 18.2 Å². The van der Waals surface area contributed by atoms with Crippen molar-refractivity contribution in [3.8, 4) is 17.2 Å². The highest BCUT2D eigenvalue weighted by atomic mass is 16.5. The number of carbonyl (C=O) groups is 2. The molecule has 7 nitrogen and oxygen atoms in total. The van der Waals surface area contributed by atoms with E-state index in [1.54, 1.807) is 37.5 Å². The summed E-state index contributed by atoms with van der Waals surface area (Å²) in [6.07, 6.45) is 2.88. The van der Waals surface area contributed by atoms with Crippen LogP contribution < -0.4 is 25.1 Å². The number of hydrogen-bond acceptors (Lipinski definition) is 5. The summed E-state index contributed by atoms with van der Waals surface area (Å²) in [4.78, 5) is 24.2. The lowest BCUT2D eigenvalue weighted by molar-refractivity contribution is -0.117. The molecule has 2 N–H and O–H groups in total. The van der Waals surface area contributed by atoms with Crippen LogP contribution in [-0.4, -0.2) is 32.1 Å². The van der Waals surface area contributed by atoms with Gasteiger partial charge in [-0.05, 0) is 44.2 Å². The van der Waals surface area contributed by atoms with Crippen LogP contribution in [0.15, 0.2) is 48.5 Å². The molecule has 0 aliphatic heterocycles. The summed E-state index contributed by atoms with van der Waals surface area (Å²) in [6, 6.07) is 12.1. The standard InChI is InChI=1S/C21H24N2O5/c1-14(2)28-18-11-9-16(13-19(18)27-4)21(25)23-22-20(24)12-10-15-7-5-6-8-17(15)26-3/h5-14H,1-4H3,(H,22,24)(H,23,25)/b12-10+. The molecule has 28 heavy (non-hydrogen) atoms. The molecule has 0 fully saturated rings. The van der Waals surface area contributed by atoms with Crippen molar-refractivity contribution in [2.24, 2.45) is 0 Å². The molecule has 0 spiro atoms. The maximum Gasteiger partial charge on any atom is 0.269 e. The van der Waals surface area contributed by atoms with E-state index >= 15 is 0 Å². The van der Waals surface area contributed by atoms with Crippen molar-refractivity contribution in [3.63, 3.8) is 0 Å². The van der Waals surface area contributed by atoms with Gasteiger partial charge in [0.2, 0.25) is 0 Å². The van der Waals surface area contributed by atoms with E-state index < -0.39 is 11.8 Å². The van der Waals surface area contributed by atoms with E-state index in [0.29, 0.717) is 22.8 Å². The summed E-state index contributed by atoms with van der Waals surface area (Å²) in [5.74, 6) is 0.660. The maximum absolute atomic E-state index is 12.3. The van der Waals surface area contributed by atoms with Crippen molar-refractivity contribution < 1.29 is 23.8 Å². The first-order valence-corrected chi connectivity index (χ1v) is 8.70. The van der Waals surface area contributed by atoms with E-state index in [0.717, 1.165) is 5.56 Å². The second kappa shape index (κ2) is 10.0. The van der Waals surface area contributed by atoms with Crippen LogP contribution in [0.5, 0.6) is 17.2 Å². The topological polar surface area (TPSA) is 85.9 Å². The van der Waals surface area contributed by atoms with Gasteiger partial charge in [0.05, 0.1) is 20.3 Å². The largest absolute Gasteiger partial charge is 0.496 e. The zero-order chi connectivity index (χ0) is 20.5. The van der Waals surface area contributed by atoms with E-state index in [-0.39, 0.29) is 6.10 Å². The second-order valence-electron chi connectivity index (χ2n) is 6.05. The highest BCUT2D eigenvalue weighted by molar-refractivity contribution is 5.98. The SMILES string of the molecule is COc1ccccc1/C=C/C(=O)NNC(=O)c1ccc(OC(C)C)c(OC)c1. The molecule has 2 aromatic carbocycles. The molecule has 0 aliphatic carbocycles. The van der Waals surface area contributed by atoms with Gasteiger partial charge in [-0.3, -0.25) is 20.4 Å². The fraction of sp³-hybridized carbons (Fsp3) is 0.238. The van der Waals surface area contributed by atoms with Crippen LogP contribution in [0.25, 0.3) is 6.08 Å². The lowest BCUT2D eigenvalue weighted by Gasteiger charge is -2.14. The first-order valence-electron chi connectivity index (χ1n) is 8.70. The summed E-state index contributed by atoms with van der Waals surface area (Å²) in [6.45, 7) is 3.79. The van der Waals surface area contributed by atoms with E-state index in [9.17, 15) is 9.59 Å². The fourth-order valence-electron chi connectivity index (χ4n) is 2.36. The van der Waals surface area contributed by atoms with Gasteiger partial charge in [0, 0.05) is 17.2 Å². The van der Waals surface area contributed by atoms with Gasteiger partial charge in [-0.15, -0.1) is 0 Å². The Morgan fingerprint density at radius 2 is 1.64 bits per heavy atom. The van der Waals surface area contributed by atoms with Crippen LogP contribution in [0, 0.1) is 0 Å². The molecular weight excluding hydrogens is 360 g/mol. The lowest BCUT2D eigenvalue weighted by Crippen LogP contribution is -2.40. The predicted molar refractivity (Wildman–Crippen MR) is 106 cm³/mol. The second-order valence-corrected chi connectivity index (χ2v) is 6.05. The van der Waals surface area contributed by atoms with Crippen LogP contribution in [0.3, 0.4) is 0 Å². The number of benzene rings is 2. The van der Waals surface area contributed by atoms with Crippen LogP contribution >= 0.6 is 0 Å². The summed E-state index contributed by atoms with van der Waals surface area (Å²) in [5, 5.41) is 0. The van der Waals surface area contributed by atoms with Gasteiger partial charge in [-0.25, -0.2) is 0 Å². The molecule has 0 saturated carbocycles. The Bertz CT molecular complexity index is 862. The summed E-state index contributed by atoms with van der Waals surface area (Å²) < 4.78 is 16.1. The van der Waals surface area contributed by atoms with Crippen molar-refractivity contribution in [3.05, 3.63) is 59.7 Å². The Hall–Kier alpha value is -3.48. The number of rotatable bonds is 7. The maximum atomic E-state index is 12.3. The molecule has 2 rings (SSSR count). The Labute approximate surface area is 164 Å². The minimum absolute atomic E-state index is 0.0251. The van der Waals surface area contributed by atoms with Crippen molar-refractivity contribution in [2.45, 2.75) is 20.0 Å². The fourth-order valence-corrected chi connectivity index (χ4v) is 2.36. The number of para-hydroxylation sites is 1. The normalized spacial score (nSPS) is 10.6. The monoisotopic (exact) mass is 384 g/mol. The average molecular weight is 384 g/mol. The summed E-state index contributed by atoms with van der Waals surface area (Å²) >= 11 is 0. The third-order valence-electron chi connectivity index (χ3n) is 3.64. The zero-order valence-electron chi connectivity index (χ0n) is 16.3. The first-order chi connectivity index (χ1) is 13.4. The quantitative estimate of drug-likeness (QED) is 0.566. The Morgan fingerprint density at radius 3 is 2.32 bits per heavy atom. The van der Waals surface area contributed by atoms with Crippen molar-refractivity contribution in [1.29, 1.82) is 0 Å².